The van der Waals surface area contributed by atoms with Crippen LogP contribution in [0.15, 0.2) is 29.2 Å². The lowest BCUT2D eigenvalue weighted by atomic mass is 10.1. The van der Waals surface area contributed by atoms with Crippen LogP contribution < -0.4 is 0 Å². The van der Waals surface area contributed by atoms with E-state index >= 15 is 0 Å². The van der Waals surface area contributed by atoms with Gasteiger partial charge in [-0.1, -0.05) is 17.7 Å². The first-order valence-corrected chi connectivity index (χ1v) is 7.24. The van der Waals surface area contributed by atoms with Gasteiger partial charge in [-0.25, -0.2) is 8.42 Å². The number of aliphatic hydroxyl groups excluding tert-OH is 4. The van der Waals surface area contributed by atoms with Gasteiger partial charge in [-0.3, -0.25) is 0 Å². The van der Waals surface area contributed by atoms with Gasteiger partial charge >= 0.3 is 0 Å². The van der Waals surface area contributed by atoms with Crippen LogP contribution >= 0.6 is 0 Å². The Morgan fingerprint density at radius 2 is 1.50 bits per heavy atom. The number of benzene rings is 1. The van der Waals surface area contributed by atoms with Crippen molar-refractivity contribution in [1.29, 1.82) is 0 Å². The van der Waals surface area contributed by atoms with Crippen LogP contribution in [0.5, 0.6) is 0 Å². The predicted molar refractivity (Wildman–Crippen MR) is 68.5 cm³/mol. The van der Waals surface area contributed by atoms with E-state index in [9.17, 15) is 28.5 Å². The van der Waals surface area contributed by atoms with Gasteiger partial charge in [-0.15, -0.1) is 0 Å². The van der Waals surface area contributed by atoms with Crippen LogP contribution in [0.3, 0.4) is 0 Å². The molecule has 1 rings (SSSR count). The molecule has 4 atom stereocenters. The fourth-order valence-electron chi connectivity index (χ4n) is 1.50. The zero-order chi connectivity index (χ0) is 15.5. The minimum atomic E-state index is -4.32. The van der Waals surface area contributed by atoms with Crippen LogP contribution in [0.25, 0.3) is 0 Å². The largest absolute Gasteiger partial charge is 0.387 e. The standard InChI is InChI=1S/C12H16O7S/c1-7-2-4-8(5-3-7)20(18,19)12(17)11(16)10(15)9(14)6-13/h2-6,9-12,14-17H,1H3/t9-,10+,11+,12?/m0/s1. The molecular weight excluding hydrogens is 288 g/mol. The van der Waals surface area contributed by atoms with E-state index in [1.54, 1.807) is 6.92 Å². The van der Waals surface area contributed by atoms with Crippen molar-refractivity contribution in [3.63, 3.8) is 0 Å². The number of carbonyl (C=O) groups is 1. The van der Waals surface area contributed by atoms with Crippen molar-refractivity contribution in [2.45, 2.75) is 35.6 Å². The second-order valence-electron chi connectivity index (χ2n) is 4.36. The second kappa shape index (κ2) is 6.42. The fourth-order valence-corrected chi connectivity index (χ4v) is 2.82. The van der Waals surface area contributed by atoms with Crippen molar-refractivity contribution in [1.82, 2.24) is 0 Å². The summed E-state index contributed by atoms with van der Waals surface area (Å²) >= 11 is 0. The summed E-state index contributed by atoms with van der Waals surface area (Å²) in [5.41, 5.74) is -1.56. The molecule has 8 heteroatoms. The summed E-state index contributed by atoms with van der Waals surface area (Å²) in [5, 5.41) is 37.6. The lowest BCUT2D eigenvalue weighted by Gasteiger charge is -2.24. The molecule has 4 N–H and O–H groups in total. The van der Waals surface area contributed by atoms with Gasteiger partial charge in [0, 0.05) is 0 Å². The van der Waals surface area contributed by atoms with Gasteiger partial charge < -0.3 is 25.2 Å². The molecule has 0 amide bonds. The maximum Gasteiger partial charge on any atom is 0.207 e. The van der Waals surface area contributed by atoms with E-state index in [-0.39, 0.29) is 11.2 Å². The van der Waals surface area contributed by atoms with Crippen LogP contribution in [0.2, 0.25) is 0 Å². The van der Waals surface area contributed by atoms with Crippen molar-refractivity contribution >= 4 is 16.1 Å². The Morgan fingerprint density at radius 1 is 1.00 bits per heavy atom. The summed E-state index contributed by atoms with van der Waals surface area (Å²) in [6, 6.07) is 5.48. The summed E-state index contributed by atoms with van der Waals surface area (Å²) in [6.07, 6.45) is -6.39. The van der Waals surface area contributed by atoms with Gasteiger partial charge in [0.2, 0.25) is 9.84 Å². The van der Waals surface area contributed by atoms with E-state index in [1.807, 2.05) is 0 Å². The van der Waals surface area contributed by atoms with Crippen molar-refractivity contribution in [2.75, 3.05) is 0 Å². The van der Waals surface area contributed by atoms with E-state index in [1.165, 1.54) is 24.3 Å². The second-order valence-corrected chi connectivity index (χ2v) is 6.40. The summed E-state index contributed by atoms with van der Waals surface area (Å²) in [7, 11) is -4.32. The molecule has 1 aromatic rings. The first-order chi connectivity index (χ1) is 9.21. The third-order valence-electron chi connectivity index (χ3n) is 2.80. The molecule has 0 bridgehead atoms. The van der Waals surface area contributed by atoms with Crippen molar-refractivity contribution < 1.29 is 33.6 Å². The Bertz CT molecular complexity index is 552. The third kappa shape index (κ3) is 3.41. The maximum absolute atomic E-state index is 12.0. The molecule has 0 saturated heterocycles. The van der Waals surface area contributed by atoms with Crippen LogP contribution in [0.4, 0.5) is 0 Å². The average molecular weight is 304 g/mol. The quantitative estimate of drug-likeness (QED) is 0.464. The van der Waals surface area contributed by atoms with E-state index in [4.69, 9.17) is 5.11 Å². The number of aryl methyl sites for hydroxylation is 1. The molecule has 1 unspecified atom stereocenters. The Morgan fingerprint density at radius 3 is 1.95 bits per heavy atom. The van der Waals surface area contributed by atoms with Crippen LogP contribution in [-0.4, -0.2) is 58.9 Å². The van der Waals surface area contributed by atoms with E-state index in [2.05, 4.69) is 0 Å². The molecule has 112 valence electrons. The van der Waals surface area contributed by atoms with Gasteiger partial charge in [-0.2, -0.15) is 0 Å². The number of hydrogen-bond donors (Lipinski definition) is 4. The number of aliphatic hydroxyl groups is 4. The lowest BCUT2D eigenvalue weighted by Crippen LogP contribution is -2.48. The van der Waals surface area contributed by atoms with Gasteiger partial charge in [0.05, 0.1) is 4.90 Å². The van der Waals surface area contributed by atoms with E-state index < -0.39 is 33.6 Å². The molecular formula is C12H16O7S. The Labute approximate surface area is 116 Å². The summed E-state index contributed by atoms with van der Waals surface area (Å²) < 4.78 is 24.0. The molecule has 0 saturated carbocycles. The molecule has 0 aliphatic carbocycles. The summed E-state index contributed by atoms with van der Waals surface area (Å²) in [6.45, 7) is 1.74. The average Bonchev–Trinajstić information content (AvgIpc) is 2.44. The topological polar surface area (TPSA) is 132 Å². The molecule has 1 aromatic carbocycles. The Balaban J connectivity index is 3.03. The first-order valence-electron chi connectivity index (χ1n) is 5.70. The van der Waals surface area contributed by atoms with E-state index in [0.29, 0.717) is 0 Å². The van der Waals surface area contributed by atoms with Gasteiger partial charge in [-0.05, 0) is 19.1 Å². The highest BCUT2D eigenvalue weighted by Gasteiger charge is 2.38. The van der Waals surface area contributed by atoms with Crippen molar-refractivity contribution in [2.24, 2.45) is 0 Å². The van der Waals surface area contributed by atoms with Crippen LogP contribution in [0.1, 0.15) is 5.56 Å². The normalized spacial score (nSPS) is 18.1. The molecule has 0 fully saturated rings. The monoisotopic (exact) mass is 304 g/mol. The molecule has 0 aliphatic heterocycles. The molecule has 0 radical (unpaired) electrons. The highest BCUT2D eigenvalue weighted by molar-refractivity contribution is 7.92. The highest BCUT2D eigenvalue weighted by atomic mass is 32.2. The van der Waals surface area contributed by atoms with Crippen LogP contribution in [0, 0.1) is 6.92 Å². The molecule has 0 aromatic heterocycles. The Kier molecular flexibility index (Phi) is 5.37. The summed E-state index contributed by atoms with van der Waals surface area (Å²) in [4.78, 5) is 10.0. The van der Waals surface area contributed by atoms with Gasteiger partial charge in [0.15, 0.2) is 11.7 Å². The number of carbonyl (C=O) groups excluding carboxylic acids is 1. The number of sulfone groups is 1. The molecule has 7 nitrogen and oxygen atoms in total. The number of hydrogen-bond acceptors (Lipinski definition) is 7. The fraction of sp³-hybridized carbons (Fsp3) is 0.417. The number of rotatable bonds is 6. The minimum Gasteiger partial charge on any atom is -0.387 e. The van der Waals surface area contributed by atoms with Gasteiger partial charge in [0.1, 0.15) is 18.3 Å². The number of aldehydes is 1. The first kappa shape index (κ1) is 16.7. The van der Waals surface area contributed by atoms with Gasteiger partial charge in [0.25, 0.3) is 0 Å². The molecule has 0 aliphatic rings. The van der Waals surface area contributed by atoms with E-state index in [0.717, 1.165) is 5.56 Å². The molecule has 20 heavy (non-hydrogen) atoms. The van der Waals surface area contributed by atoms with Crippen molar-refractivity contribution in [3.8, 4) is 0 Å². The lowest BCUT2D eigenvalue weighted by molar-refractivity contribution is -0.129. The highest BCUT2D eigenvalue weighted by Crippen LogP contribution is 2.19. The molecule has 0 spiro atoms. The van der Waals surface area contributed by atoms with Crippen molar-refractivity contribution in [3.05, 3.63) is 29.8 Å². The zero-order valence-corrected chi connectivity index (χ0v) is 11.4. The minimum absolute atomic E-state index is 0.0703. The summed E-state index contributed by atoms with van der Waals surface area (Å²) in [5.74, 6) is 0. The third-order valence-corrected chi connectivity index (χ3v) is 4.64. The predicted octanol–water partition coefficient (Wildman–Crippen LogP) is -1.63. The SMILES string of the molecule is Cc1ccc(S(=O)(=O)C(O)[C@H](O)[C@H](O)[C@@H](O)C=O)cc1. The maximum atomic E-state index is 12.0. The smallest absolute Gasteiger partial charge is 0.207 e. The Hall–Kier alpha value is -1.32. The zero-order valence-electron chi connectivity index (χ0n) is 10.6. The van der Waals surface area contributed by atoms with Crippen LogP contribution in [-0.2, 0) is 14.6 Å². The molecule has 0 heterocycles.